The SMILES string of the molecule is CC(C)NC(=O)N1C[C@@H]2[C@H](O)C(=O)N(C)[C@@H]2C1. The van der Waals surface area contributed by atoms with Crippen molar-refractivity contribution in [3.05, 3.63) is 0 Å². The number of aliphatic hydroxyl groups is 1. The van der Waals surface area contributed by atoms with Crippen molar-refractivity contribution in [2.45, 2.75) is 32.0 Å². The van der Waals surface area contributed by atoms with E-state index in [-0.39, 0.29) is 29.9 Å². The molecule has 2 N–H and O–H groups in total. The molecule has 2 fully saturated rings. The van der Waals surface area contributed by atoms with Crippen molar-refractivity contribution < 1.29 is 14.7 Å². The molecule has 96 valence electrons. The third-order valence-electron chi connectivity index (χ3n) is 3.54. The van der Waals surface area contributed by atoms with E-state index < -0.39 is 6.10 Å². The summed E-state index contributed by atoms with van der Waals surface area (Å²) in [5.74, 6) is -0.380. The quantitative estimate of drug-likeness (QED) is 0.633. The lowest BCUT2D eigenvalue weighted by molar-refractivity contribution is -0.135. The van der Waals surface area contributed by atoms with Gasteiger partial charge >= 0.3 is 6.03 Å². The van der Waals surface area contributed by atoms with Crippen molar-refractivity contribution in [3.8, 4) is 0 Å². The monoisotopic (exact) mass is 241 g/mol. The van der Waals surface area contributed by atoms with Gasteiger partial charge in [0.25, 0.3) is 5.91 Å². The van der Waals surface area contributed by atoms with Crippen LogP contribution in [0.1, 0.15) is 13.8 Å². The number of likely N-dealkylation sites (tertiary alicyclic amines) is 2. The lowest BCUT2D eigenvalue weighted by Gasteiger charge is -2.22. The highest BCUT2D eigenvalue weighted by molar-refractivity contribution is 5.85. The zero-order valence-electron chi connectivity index (χ0n) is 10.4. The summed E-state index contributed by atoms with van der Waals surface area (Å²) in [5.41, 5.74) is 0. The summed E-state index contributed by atoms with van der Waals surface area (Å²) in [7, 11) is 1.68. The van der Waals surface area contributed by atoms with Gasteiger partial charge in [-0.3, -0.25) is 4.79 Å². The number of urea groups is 1. The van der Waals surface area contributed by atoms with Gasteiger partial charge in [-0.25, -0.2) is 4.79 Å². The van der Waals surface area contributed by atoms with E-state index in [2.05, 4.69) is 5.32 Å². The molecule has 0 saturated carbocycles. The van der Waals surface area contributed by atoms with Gasteiger partial charge in [0.2, 0.25) is 0 Å². The molecule has 0 aromatic heterocycles. The van der Waals surface area contributed by atoms with Crippen LogP contribution in [0.3, 0.4) is 0 Å². The first kappa shape index (κ1) is 12.2. The summed E-state index contributed by atoms with van der Waals surface area (Å²) >= 11 is 0. The second kappa shape index (κ2) is 4.18. The summed E-state index contributed by atoms with van der Waals surface area (Å²) in [6, 6.07) is -0.0786. The Bertz CT molecular complexity index is 325. The molecule has 6 nitrogen and oxygen atoms in total. The molecule has 0 unspecified atom stereocenters. The molecule has 17 heavy (non-hydrogen) atoms. The Morgan fingerprint density at radius 1 is 1.47 bits per heavy atom. The molecule has 2 aliphatic rings. The molecule has 2 heterocycles. The Balaban J connectivity index is 2.02. The first-order valence-electron chi connectivity index (χ1n) is 5.92. The van der Waals surface area contributed by atoms with Crippen LogP contribution < -0.4 is 5.32 Å². The van der Waals surface area contributed by atoms with Crippen LogP contribution in [0.25, 0.3) is 0 Å². The molecule has 2 aliphatic heterocycles. The van der Waals surface area contributed by atoms with Crippen molar-refractivity contribution in [1.29, 1.82) is 0 Å². The fourth-order valence-electron chi connectivity index (χ4n) is 2.59. The standard InChI is InChI=1S/C11H19N3O3/c1-6(2)12-11(17)14-4-7-8(5-14)13(3)10(16)9(7)15/h6-9,15H,4-5H2,1-3H3,(H,12,17)/t7-,8+,9-/m0/s1. The Morgan fingerprint density at radius 2 is 2.12 bits per heavy atom. The zero-order chi connectivity index (χ0) is 12.7. The number of carbonyl (C=O) groups is 2. The average molecular weight is 241 g/mol. The molecular formula is C11H19N3O3. The molecule has 0 aliphatic carbocycles. The first-order chi connectivity index (χ1) is 7.91. The van der Waals surface area contributed by atoms with Crippen LogP contribution >= 0.6 is 0 Å². The lowest BCUT2D eigenvalue weighted by Crippen LogP contribution is -2.44. The normalized spacial score (nSPS) is 32.3. The number of hydrogen-bond donors (Lipinski definition) is 2. The van der Waals surface area contributed by atoms with E-state index in [1.54, 1.807) is 16.8 Å². The second-order valence-electron chi connectivity index (χ2n) is 5.13. The third-order valence-corrected chi connectivity index (χ3v) is 3.54. The highest BCUT2D eigenvalue weighted by Gasteiger charge is 2.51. The fourth-order valence-corrected chi connectivity index (χ4v) is 2.59. The second-order valence-corrected chi connectivity index (χ2v) is 5.13. The number of likely N-dealkylation sites (N-methyl/N-ethyl adjacent to an activating group) is 1. The molecule has 2 saturated heterocycles. The number of nitrogens with one attached hydrogen (secondary N) is 1. The van der Waals surface area contributed by atoms with Crippen LogP contribution in [0.15, 0.2) is 0 Å². The van der Waals surface area contributed by atoms with Gasteiger partial charge in [0.1, 0.15) is 6.10 Å². The third kappa shape index (κ3) is 1.97. The van der Waals surface area contributed by atoms with Crippen molar-refractivity contribution >= 4 is 11.9 Å². The van der Waals surface area contributed by atoms with Crippen molar-refractivity contribution in [3.63, 3.8) is 0 Å². The van der Waals surface area contributed by atoms with E-state index in [1.807, 2.05) is 13.8 Å². The molecule has 0 spiro atoms. The molecule has 0 aromatic rings. The Labute approximate surface area is 101 Å². The van der Waals surface area contributed by atoms with Gasteiger partial charge < -0.3 is 20.2 Å². The molecule has 3 atom stereocenters. The van der Waals surface area contributed by atoms with Crippen LogP contribution in [0.5, 0.6) is 0 Å². The number of rotatable bonds is 1. The van der Waals surface area contributed by atoms with Gasteiger partial charge in [-0.2, -0.15) is 0 Å². The van der Waals surface area contributed by atoms with E-state index in [4.69, 9.17) is 0 Å². The summed E-state index contributed by atoms with van der Waals surface area (Å²) in [4.78, 5) is 26.6. The molecule has 3 amide bonds. The number of amides is 3. The van der Waals surface area contributed by atoms with Crippen LogP contribution in [0, 0.1) is 5.92 Å². The highest BCUT2D eigenvalue weighted by Crippen LogP contribution is 2.31. The Hall–Kier alpha value is -1.30. The molecule has 0 bridgehead atoms. The minimum atomic E-state index is -0.957. The number of carbonyl (C=O) groups excluding carboxylic acids is 2. The maximum Gasteiger partial charge on any atom is 0.317 e. The molecule has 0 radical (unpaired) electrons. The summed E-state index contributed by atoms with van der Waals surface area (Å²) in [5, 5.41) is 12.6. The van der Waals surface area contributed by atoms with E-state index in [0.717, 1.165) is 0 Å². The van der Waals surface area contributed by atoms with Crippen LogP contribution in [-0.4, -0.2) is 65.2 Å². The summed E-state index contributed by atoms with van der Waals surface area (Å²) in [6.07, 6.45) is -0.957. The van der Waals surface area contributed by atoms with Crippen LogP contribution in [0.4, 0.5) is 4.79 Å². The maximum absolute atomic E-state index is 11.8. The van der Waals surface area contributed by atoms with Crippen molar-refractivity contribution in [2.75, 3.05) is 20.1 Å². The van der Waals surface area contributed by atoms with Crippen molar-refractivity contribution in [2.24, 2.45) is 5.92 Å². The number of aliphatic hydroxyl groups excluding tert-OH is 1. The van der Waals surface area contributed by atoms with Gasteiger partial charge in [0, 0.05) is 32.1 Å². The van der Waals surface area contributed by atoms with Gasteiger partial charge in [-0.05, 0) is 13.8 Å². The van der Waals surface area contributed by atoms with Gasteiger partial charge in [-0.1, -0.05) is 0 Å². The van der Waals surface area contributed by atoms with E-state index >= 15 is 0 Å². The number of nitrogens with zero attached hydrogens (tertiary/aromatic N) is 2. The maximum atomic E-state index is 11.8. The summed E-state index contributed by atoms with van der Waals surface area (Å²) < 4.78 is 0. The molecule has 2 rings (SSSR count). The largest absolute Gasteiger partial charge is 0.383 e. The predicted molar refractivity (Wildman–Crippen MR) is 61.3 cm³/mol. The lowest BCUT2D eigenvalue weighted by atomic mass is 10.0. The van der Waals surface area contributed by atoms with E-state index in [9.17, 15) is 14.7 Å². The van der Waals surface area contributed by atoms with Crippen molar-refractivity contribution in [1.82, 2.24) is 15.1 Å². The smallest absolute Gasteiger partial charge is 0.317 e. The zero-order valence-corrected chi connectivity index (χ0v) is 10.4. The highest BCUT2D eigenvalue weighted by atomic mass is 16.3. The number of hydrogen-bond acceptors (Lipinski definition) is 3. The van der Waals surface area contributed by atoms with E-state index in [1.165, 1.54) is 0 Å². The predicted octanol–water partition coefficient (Wildman–Crippen LogP) is -0.762. The van der Waals surface area contributed by atoms with Gasteiger partial charge in [-0.15, -0.1) is 0 Å². The minimum absolute atomic E-state index is 0.0459. The van der Waals surface area contributed by atoms with Gasteiger partial charge in [0.15, 0.2) is 0 Å². The summed E-state index contributed by atoms with van der Waals surface area (Å²) in [6.45, 7) is 4.75. The minimum Gasteiger partial charge on any atom is -0.383 e. The Morgan fingerprint density at radius 3 is 2.65 bits per heavy atom. The van der Waals surface area contributed by atoms with Crippen LogP contribution in [0.2, 0.25) is 0 Å². The molecule has 6 heteroatoms. The average Bonchev–Trinajstić information content (AvgIpc) is 2.76. The van der Waals surface area contributed by atoms with E-state index in [0.29, 0.717) is 13.1 Å². The molecule has 0 aromatic carbocycles. The van der Waals surface area contributed by atoms with Gasteiger partial charge in [0.05, 0.1) is 6.04 Å². The molecular weight excluding hydrogens is 222 g/mol. The fraction of sp³-hybridized carbons (Fsp3) is 0.818. The topological polar surface area (TPSA) is 72.9 Å². The van der Waals surface area contributed by atoms with Crippen LogP contribution in [-0.2, 0) is 4.79 Å². The first-order valence-corrected chi connectivity index (χ1v) is 5.92. The number of fused-ring (bicyclic) bond motifs is 1. The Kier molecular flexibility index (Phi) is 2.99.